The van der Waals surface area contributed by atoms with Gasteiger partial charge in [0.15, 0.2) is 5.82 Å². The lowest BCUT2D eigenvalue weighted by atomic mass is 9.99. The van der Waals surface area contributed by atoms with Crippen LogP contribution in [-0.2, 0) is 19.5 Å². The van der Waals surface area contributed by atoms with E-state index in [1.807, 2.05) is 6.20 Å². The molecule has 0 N–H and O–H groups in total. The first kappa shape index (κ1) is 22.4. The normalized spacial score (nSPS) is 13.2. The second kappa shape index (κ2) is 8.63. The van der Waals surface area contributed by atoms with Crippen molar-refractivity contribution >= 4 is 29.1 Å². The largest absolute Gasteiger partial charge is 0.350 e. The first-order chi connectivity index (χ1) is 14.9. The minimum Gasteiger partial charge on any atom is -0.350 e. The third-order valence-corrected chi connectivity index (χ3v) is 7.11. The number of aryl methyl sites for hydroxylation is 4. The molecule has 1 aliphatic rings. The zero-order valence-electron chi connectivity index (χ0n) is 19.7. The summed E-state index contributed by atoms with van der Waals surface area (Å²) >= 11 is 0. The predicted molar refractivity (Wildman–Crippen MR) is 137 cm³/mol. The van der Waals surface area contributed by atoms with E-state index in [2.05, 4.69) is 86.6 Å². The molecule has 166 valence electrons. The zero-order chi connectivity index (χ0) is 21.7. The maximum atomic E-state index is 4.92. The van der Waals surface area contributed by atoms with Gasteiger partial charge in [-0.3, -0.25) is 0 Å². The van der Waals surface area contributed by atoms with E-state index in [-0.39, 0.29) is 12.4 Å². The van der Waals surface area contributed by atoms with Crippen LogP contribution in [0.2, 0.25) is 0 Å². The molecule has 2 aromatic heterocycles. The Morgan fingerprint density at radius 3 is 2.31 bits per heavy atom. The van der Waals surface area contributed by atoms with Gasteiger partial charge in [-0.1, -0.05) is 42.0 Å². The second-order valence-corrected chi connectivity index (χ2v) is 9.14. The van der Waals surface area contributed by atoms with Crippen LogP contribution in [-0.4, -0.2) is 16.1 Å². The molecule has 0 saturated carbocycles. The van der Waals surface area contributed by atoms with Crippen molar-refractivity contribution in [1.82, 2.24) is 9.55 Å². The van der Waals surface area contributed by atoms with Crippen LogP contribution >= 0.6 is 12.4 Å². The zero-order valence-corrected chi connectivity index (χ0v) is 20.5. The van der Waals surface area contributed by atoms with Crippen molar-refractivity contribution in [3.05, 3.63) is 93.3 Å². The van der Waals surface area contributed by atoms with Crippen molar-refractivity contribution in [1.29, 1.82) is 0 Å². The van der Waals surface area contributed by atoms with Crippen LogP contribution in [0.1, 0.15) is 44.6 Å². The van der Waals surface area contributed by atoms with Gasteiger partial charge in [-0.15, -0.1) is 12.4 Å². The van der Waals surface area contributed by atoms with E-state index >= 15 is 0 Å². The smallest absolute Gasteiger partial charge is 0.153 e. The number of rotatable bonds is 3. The SMILES string of the molecule is Cc1cc(C)c(Cn2c(C)c(C)c3ccnc(N4CCc5ccccc5C4)c32)c(C)c1.Cl. The molecule has 4 aromatic rings. The minimum absolute atomic E-state index is 0. The molecule has 1 aliphatic heterocycles. The lowest BCUT2D eigenvalue weighted by Gasteiger charge is -2.30. The molecule has 0 unspecified atom stereocenters. The van der Waals surface area contributed by atoms with E-state index in [1.165, 1.54) is 55.5 Å². The van der Waals surface area contributed by atoms with E-state index in [4.69, 9.17) is 4.98 Å². The predicted octanol–water partition coefficient (Wildman–Crippen LogP) is 6.61. The Bertz CT molecular complexity index is 1280. The fraction of sp³-hybridized carbons (Fsp3) is 0.321. The van der Waals surface area contributed by atoms with Crippen LogP contribution in [0.15, 0.2) is 48.7 Å². The summed E-state index contributed by atoms with van der Waals surface area (Å²) in [6, 6.07) is 15.6. The summed E-state index contributed by atoms with van der Waals surface area (Å²) in [5.41, 5.74) is 12.4. The highest BCUT2D eigenvalue weighted by molar-refractivity contribution is 5.93. The fourth-order valence-electron chi connectivity index (χ4n) is 5.30. The number of benzene rings is 2. The van der Waals surface area contributed by atoms with Gasteiger partial charge in [0.05, 0.1) is 5.52 Å². The Morgan fingerprint density at radius 1 is 0.906 bits per heavy atom. The lowest BCUT2D eigenvalue weighted by molar-refractivity contribution is 0.716. The molecule has 4 heteroatoms. The Hall–Kier alpha value is -2.78. The van der Waals surface area contributed by atoms with Crippen LogP contribution < -0.4 is 4.90 Å². The number of nitrogens with zero attached hydrogens (tertiary/aromatic N) is 3. The molecule has 32 heavy (non-hydrogen) atoms. The maximum absolute atomic E-state index is 4.92. The van der Waals surface area contributed by atoms with Crippen molar-refractivity contribution in [2.75, 3.05) is 11.4 Å². The van der Waals surface area contributed by atoms with Crippen LogP contribution in [0.5, 0.6) is 0 Å². The van der Waals surface area contributed by atoms with Gasteiger partial charge in [0.2, 0.25) is 0 Å². The molecule has 0 fully saturated rings. The maximum Gasteiger partial charge on any atom is 0.153 e. The molecule has 0 aliphatic carbocycles. The Morgan fingerprint density at radius 2 is 1.59 bits per heavy atom. The third kappa shape index (κ3) is 3.69. The second-order valence-electron chi connectivity index (χ2n) is 9.14. The number of anilines is 1. The van der Waals surface area contributed by atoms with E-state index in [0.717, 1.165) is 31.9 Å². The van der Waals surface area contributed by atoms with Crippen LogP contribution in [0.25, 0.3) is 10.9 Å². The monoisotopic (exact) mass is 445 g/mol. The molecule has 0 bridgehead atoms. The molecule has 0 saturated heterocycles. The Labute approximate surface area is 197 Å². The van der Waals surface area contributed by atoms with Crippen LogP contribution in [0, 0.1) is 34.6 Å². The summed E-state index contributed by atoms with van der Waals surface area (Å²) in [5.74, 6) is 1.12. The number of aromatic nitrogens is 2. The third-order valence-electron chi connectivity index (χ3n) is 7.11. The molecule has 2 aromatic carbocycles. The van der Waals surface area contributed by atoms with Gasteiger partial charge in [-0.05, 0) is 80.5 Å². The van der Waals surface area contributed by atoms with Crippen LogP contribution in [0.4, 0.5) is 5.82 Å². The Balaban J connectivity index is 0.00000245. The van der Waals surface area contributed by atoms with Crippen LogP contribution in [0.3, 0.4) is 0 Å². The molecule has 5 rings (SSSR count). The highest BCUT2D eigenvalue weighted by atomic mass is 35.5. The average Bonchev–Trinajstić information content (AvgIpc) is 3.00. The number of fused-ring (bicyclic) bond motifs is 2. The molecule has 3 heterocycles. The van der Waals surface area contributed by atoms with E-state index in [0.29, 0.717) is 0 Å². The first-order valence-electron chi connectivity index (χ1n) is 11.3. The van der Waals surface area contributed by atoms with Gasteiger partial charge < -0.3 is 9.47 Å². The fourth-order valence-corrected chi connectivity index (χ4v) is 5.30. The Kier molecular flexibility index (Phi) is 6.05. The van der Waals surface area contributed by atoms with Crippen molar-refractivity contribution in [2.45, 2.75) is 54.1 Å². The first-order valence-corrected chi connectivity index (χ1v) is 11.3. The highest BCUT2D eigenvalue weighted by Gasteiger charge is 2.23. The molecular weight excluding hydrogens is 414 g/mol. The molecule has 3 nitrogen and oxygen atoms in total. The van der Waals surface area contributed by atoms with Gasteiger partial charge in [0, 0.05) is 36.9 Å². The summed E-state index contributed by atoms with van der Waals surface area (Å²) < 4.78 is 2.50. The number of pyridine rings is 1. The number of hydrogen-bond acceptors (Lipinski definition) is 2. The summed E-state index contributed by atoms with van der Waals surface area (Å²) in [6.07, 6.45) is 3.06. The molecule has 0 spiro atoms. The molecule has 0 radical (unpaired) electrons. The molecular formula is C28H32ClN3. The summed E-state index contributed by atoms with van der Waals surface area (Å²) in [5, 5.41) is 1.32. The topological polar surface area (TPSA) is 21.1 Å². The van der Waals surface area contributed by atoms with E-state index in [9.17, 15) is 0 Å². The number of halogens is 1. The molecule has 0 atom stereocenters. The van der Waals surface area contributed by atoms with E-state index in [1.54, 1.807) is 0 Å². The summed E-state index contributed by atoms with van der Waals surface area (Å²) in [7, 11) is 0. The van der Waals surface area contributed by atoms with Gasteiger partial charge in [-0.2, -0.15) is 0 Å². The summed E-state index contributed by atoms with van der Waals surface area (Å²) in [6.45, 7) is 14.0. The average molecular weight is 446 g/mol. The number of hydrogen-bond donors (Lipinski definition) is 0. The summed E-state index contributed by atoms with van der Waals surface area (Å²) in [4.78, 5) is 7.39. The standard InChI is InChI=1S/C28H31N3.ClH/c1-18-14-19(2)26(20(3)15-18)17-31-22(5)21(4)25-10-12-29-28(27(25)31)30-13-11-23-8-6-7-9-24(23)16-30;/h6-10,12,14-15H,11,13,16-17H2,1-5H3;1H. The van der Waals surface area contributed by atoms with Gasteiger partial charge in [-0.25, -0.2) is 4.98 Å². The van der Waals surface area contributed by atoms with E-state index < -0.39 is 0 Å². The van der Waals surface area contributed by atoms with Crippen molar-refractivity contribution in [3.63, 3.8) is 0 Å². The lowest BCUT2D eigenvalue weighted by Crippen LogP contribution is -2.31. The van der Waals surface area contributed by atoms with Gasteiger partial charge in [0.1, 0.15) is 0 Å². The van der Waals surface area contributed by atoms with Crippen molar-refractivity contribution in [3.8, 4) is 0 Å². The van der Waals surface area contributed by atoms with Crippen molar-refractivity contribution in [2.24, 2.45) is 0 Å². The highest BCUT2D eigenvalue weighted by Crippen LogP contribution is 2.35. The van der Waals surface area contributed by atoms with Crippen molar-refractivity contribution < 1.29 is 0 Å². The molecule has 0 amide bonds. The quantitative estimate of drug-likeness (QED) is 0.353. The minimum atomic E-state index is 0. The van der Waals surface area contributed by atoms with Gasteiger partial charge in [0.25, 0.3) is 0 Å². The van der Waals surface area contributed by atoms with Gasteiger partial charge >= 0.3 is 0 Å².